The number of ether oxygens (including phenoxy) is 2. The summed E-state index contributed by atoms with van der Waals surface area (Å²) >= 11 is 12.4. The van der Waals surface area contributed by atoms with Crippen molar-refractivity contribution < 1.29 is 23.9 Å². The van der Waals surface area contributed by atoms with E-state index in [0.717, 1.165) is 10.5 Å². The average molecular weight is 461 g/mol. The lowest BCUT2D eigenvalue weighted by Gasteiger charge is -2.26. The summed E-state index contributed by atoms with van der Waals surface area (Å²) in [4.78, 5) is 38.6. The van der Waals surface area contributed by atoms with Gasteiger partial charge in [-0.25, -0.2) is 9.69 Å². The Morgan fingerprint density at radius 2 is 1.87 bits per heavy atom. The molecule has 1 N–H and O–H groups in total. The summed E-state index contributed by atoms with van der Waals surface area (Å²) in [6.07, 6.45) is 2.87. The topological polar surface area (TPSA) is 84.9 Å². The van der Waals surface area contributed by atoms with Gasteiger partial charge in [-0.2, -0.15) is 0 Å². The molecule has 4 amide bonds. The van der Waals surface area contributed by atoms with E-state index in [0.29, 0.717) is 22.1 Å². The van der Waals surface area contributed by atoms with Crippen molar-refractivity contribution in [2.75, 3.05) is 18.6 Å². The van der Waals surface area contributed by atoms with Gasteiger partial charge < -0.3 is 9.47 Å². The minimum atomic E-state index is -0.865. The first-order chi connectivity index (χ1) is 14.8. The Bertz CT molecular complexity index is 1130. The van der Waals surface area contributed by atoms with Gasteiger partial charge in [0.05, 0.1) is 17.8 Å². The van der Waals surface area contributed by atoms with Crippen LogP contribution in [0.4, 0.5) is 10.5 Å². The third-order valence-corrected chi connectivity index (χ3v) is 5.11. The number of aryl methyl sites for hydroxylation is 1. The zero-order valence-corrected chi connectivity index (χ0v) is 18.2. The first kappa shape index (κ1) is 22.4. The van der Waals surface area contributed by atoms with Gasteiger partial charge in [-0.1, -0.05) is 41.9 Å². The third kappa shape index (κ3) is 4.57. The quantitative estimate of drug-likeness (QED) is 0.388. The standard InChI is InChI=1S/C22H18Cl2N2O5/c1-4-7-31-19-17(24)9-13(10-18(19)30-3)8-15-20(27)25-22(29)26(21(15)28)14-6-5-12(2)16(23)11-14/h4-6,8-11H,1,7H2,2-3H3,(H,25,27,29)/b15-8-. The lowest BCUT2D eigenvalue weighted by Crippen LogP contribution is -2.54. The smallest absolute Gasteiger partial charge is 0.335 e. The Kier molecular flexibility index (Phi) is 6.68. The molecule has 3 rings (SSSR count). The molecule has 0 aromatic heterocycles. The van der Waals surface area contributed by atoms with E-state index in [1.54, 1.807) is 31.2 Å². The number of imide groups is 2. The van der Waals surface area contributed by atoms with Gasteiger partial charge in [-0.15, -0.1) is 0 Å². The lowest BCUT2D eigenvalue weighted by atomic mass is 10.1. The van der Waals surface area contributed by atoms with Gasteiger partial charge in [-0.3, -0.25) is 14.9 Å². The first-order valence-electron chi connectivity index (χ1n) is 9.05. The minimum absolute atomic E-state index is 0.216. The number of amides is 4. The lowest BCUT2D eigenvalue weighted by molar-refractivity contribution is -0.122. The number of rotatable bonds is 6. The first-order valence-corrected chi connectivity index (χ1v) is 9.81. The maximum absolute atomic E-state index is 13.0. The summed E-state index contributed by atoms with van der Waals surface area (Å²) in [5, 5.41) is 2.76. The predicted molar refractivity (Wildman–Crippen MR) is 119 cm³/mol. The minimum Gasteiger partial charge on any atom is -0.493 e. The van der Waals surface area contributed by atoms with Gasteiger partial charge in [0.2, 0.25) is 0 Å². The van der Waals surface area contributed by atoms with E-state index >= 15 is 0 Å². The van der Waals surface area contributed by atoms with Crippen LogP contribution in [0.5, 0.6) is 11.5 Å². The number of hydrogen-bond acceptors (Lipinski definition) is 5. The second-order valence-corrected chi connectivity index (χ2v) is 7.34. The second kappa shape index (κ2) is 9.24. The SMILES string of the molecule is C=CCOc1c(Cl)cc(/C=C2/C(=O)NC(=O)N(c3ccc(C)c(Cl)c3)C2=O)cc1OC. The van der Waals surface area contributed by atoms with Crippen molar-refractivity contribution >= 4 is 52.8 Å². The van der Waals surface area contributed by atoms with Crippen LogP contribution in [-0.4, -0.2) is 31.6 Å². The van der Waals surface area contributed by atoms with Crippen LogP contribution in [0.3, 0.4) is 0 Å². The van der Waals surface area contributed by atoms with Crippen LogP contribution < -0.4 is 19.7 Å². The highest BCUT2D eigenvalue weighted by Gasteiger charge is 2.37. The Morgan fingerprint density at radius 1 is 1.13 bits per heavy atom. The van der Waals surface area contributed by atoms with Crippen LogP contribution in [0.1, 0.15) is 11.1 Å². The van der Waals surface area contributed by atoms with Gasteiger partial charge in [0, 0.05) is 5.02 Å². The number of anilines is 1. The van der Waals surface area contributed by atoms with E-state index in [-0.39, 0.29) is 22.9 Å². The molecular formula is C22H18Cl2N2O5. The number of halogens is 2. The van der Waals surface area contributed by atoms with Crippen LogP contribution in [-0.2, 0) is 9.59 Å². The number of nitrogens with one attached hydrogen (secondary N) is 1. The molecule has 0 bridgehead atoms. The van der Waals surface area contributed by atoms with E-state index in [1.165, 1.54) is 25.3 Å². The van der Waals surface area contributed by atoms with E-state index in [4.69, 9.17) is 32.7 Å². The van der Waals surface area contributed by atoms with Gasteiger partial charge in [-0.05, 0) is 48.4 Å². The monoisotopic (exact) mass is 460 g/mol. The van der Waals surface area contributed by atoms with Gasteiger partial charge in [0.1, 0.15) is 12.2 Å². The molecule has 0 unspecified atom stereocenters. The summed E-state index contributed by atoms with van der Waals surface area (Å²) in [6.45, 7) is 5.59. The summed E-state index contributed by atoms with van der Waals surface area (Å²) in [5.74, 6) is -1.01. The molecule has 1 aliphatic heterocycles. The van der Waals surface area contributed by atoms with Crippen molar-refractivity contribution in [3.8, 4) is 11.5 Å². The molecule has 7 nitrogen and oxygen atoms in total. The normalized spacial score (nSPS) is 15.2. The highest BCUT2D eigenvalue weighted by atomic mass is 35.5. The Morgan fingerprint density at radius 3 is 2.52 bits per heavy atom. The fraction of sp³-hybridized carbons (Fsp3) is 0.136. The van der Waals surface area contributed by atoms with Crippen molar-refractivity contribution in [2.24, 2.45) is 0 Å². The number of methoxy groups -OCH3 is 1. The molecule has 2 aromatic rings. The number of carbonyl (C=O) groups excluding carboxylic acids is 3. The third-order valence-electron chi connectivity index (χ3n) is 4.42. The molecule has 9 heteroatoms. The van der Waals surface area contributed by atoms with Crippen LogP contribution >= 0.6 is 23.2 Å². The summed E-state index contributed by atoms with van der Waals surface area (Å²) in [6, 6.07) is 6.92. The predicted octanol–water partition coefficient (Wildman–Crippen LogP) is 4.54. The van der Waals surface area contributed by atoms with Gasteiger partial charge in [0.25, 0.3) is 11.8 Å². The highest BCUT2D eigenvalue weighted by molar-refractivity contribution is 6.39. The molecule has 0 aliphatic carbocycles. The number of barbiturate groups is 1. The van der Waals surface area contributed by atoms with Crippen LogP contribution in [0.25, 0.3) is 6.08 Å². The van der Waals surface area contributed by atoms with E-state index < -0.39 is 17.8 Å². The summed E-state index contributed by atoms with van der Waals surface area (Å²) in [7, 11) is 1.43. The van der Waals surface area contributed by atoms with Crippen molar-refractivity contribution in [2.45, 2.75) is 6.92 Å². The number of carbonyl (C=O) groups is 3. The molecule has 0 spiro atoms. The molecular weight excluding hydrogens is 443 g/mol. The molecule has 0 saturated carbocycles. The highest BCUT2D eigenvalue weighted by Crippen LogP contribution is 2.37. The van der Waals surface area contributed by atoms with Gasteiger partial charge >= 0.3 is 6.03 Å². The summed E-state index contributed by atoms with van der Waals surface area (Å²) in [5.41, 5.74) is 1.17. The van der Waals surface area contributed by atoms with Crippen LogP contribution in [0.15, 0.2) is 48.6 Å². The average Bonchev–Trinajstić information content (AvgIpc) is 2.72. The molecule has 1 fully saturated rings. The van der Waals surface area contributed by atoms with Crippen LogP contribution in [0, 0.1) is 6.92 Å². The van der Waals surface area contributed by atoms with E-state index in [1.807, 2.05) is 0 Å². The Hall–Kier alpha value is -3.29. The van der Waals surface area contributed by atoms with Crippen molar-refractivity contribution in [3.63, 3.8) is 0 Å². The maximum atomic E-state index is 13.0. The number of benzene rings is 2. The van der Waals surface area contributed by atoms with Crippen LogP contribution in [0.2, 0.25) is 10.0 Å². The van der Waals surface area contributed by atoms with Crippen molar-refractivity contribution in [3.05, 3.63) is 69.7 Å². The number of urea groups is 1. The molecule has 2 aromatic carbocycles. The molecule has 0 atom stereocenters. The largest absolute Gasteiger partial charge is 0.493 e. The fourth-order valence-electron chi connectivity index (χ4n) is 2.88. The molecule has 1 aliphatic rings. The zero-order chi connectivity index (χ0) is 22.7. The molecule has 31 heavy (non-hydrogen) atoms. The van der Waals surface area contributed by atoms with Crippen molar-refractivity contribution in [1.29, 1.82) is 0 Å². The van der Waals surface area contributed by atoms with E-state index in [9.17, 15) is 14.4 Å². The molecule has 160 valence electrons. The summed E-state index contributed by atoms with van der Waals surface area (Å²) < 4.78 is 10.8. The fourth-order valence-corrected chi connectivity index (χ4v) is 3.33. The molecule has 0 radical (unpaired) electrons. The second-order valence-electron chi connectivity index (χ2n) is 6.53. The Balaban J connectivity index is 2.02. The van der Waals surface area contributed by atoms with E-state index in [2.05, 4.69) is 11.9 Å². The van der Waals surface area contributed by atoms with Crippen molar-refractivity contribution in [1.82, 2.24) is 5.32 Å². The zero-order valence-electron chi connectivity index (χ0n) is 16.7. The maximum Gasteiger partial charge on any atom is 0.335 e. The number of hydrogen-bond donors (Lipinski definition) is 1. The Labute approximate surface area is 188 Å². The molecule has 1 heterocycles. The molecule has 1 saturated heterocycles. The van der Waals surface area contributed by atoms with Gasteiger partial charge in [0.15, 0.2) is 11.5 Å². The number of nitrogens with zero attached hydrogens (tertiary/aromatic N) is 1.